The molecule has 48 valence electrons. The van der Waals surface area contributed by atoms with Gasteiger partial charge in [-0.25, -0.2) is 0 Å². The van der Waals surface area contributed by atoms with Gasteiger partial charge in [0, 0.05) is 18.0 Å². The molecule has 0 aromatic heterocycles. The van der Waals surface area contributed by atoms with Gasteiger partial charge in [-0.2, -0.15) is 0 Å². The third-order valence-electron chi connectivity index (χ3n) is 0.998. The first-order valence-corrected chi connectivity index (χ1v) is 2.75. The van der Waals surface area contributed by atoms with Crippen molar-refractivity contribution in [3.05, 3.63) is 36.4 Å². The summed E-state index contributed by atoms with van der Waals surface area (Å²) in [6, 6.07) is 0. The molecule has 0 amide bonds. The zero-order valence-corrected chi connectivity index (χ0v) is 5.29. The van der Waals surface area contributed by atoms with Crippen molar-refractivity contribution in [2.45, 2.75) is 0 Å². The molecule has 1 N–H and O–H groups in total. The maximum atomic E-state index is 4.79. The van der Waals surface area contributed by atoms with E-state index in [0.717, 1.165) is 5.57 Å². The summed E-state index contributed by atoms with van der Waals surface area (Å²) in [5.74, 6) is 0. The Morgan fingerprint density at radius 2 is 2.11 bits per heavy atom. The predicted octanol–water partition coefficient (Wildman–Crippen LogP) is 1.15. The number of ether oxygens (including phenoxy) is 1. The third-order valence-corrected chi connectivity index (χ3v) is 0.998. The fourth-order valence-corrected chi connectivity index (χ4v) is 0.614. The number of dihydropyridines is 1. The molecule has 0 aromatic rings. The molecule has 0 saturated heterocycles. The topological polar surface area (TPSA) is 21.3 Å². The van der Waals surface area contributed by atoms with E-state index >= 15 is 0 Å². The molecule has 9 heavy (non-hydrogen) atoms. The van der Waals surface area contributed by atoms with Gasteiger partial charge < -0.3 is 10.1 Å². The molecule has 0 fully saturated rings. The van der Waals surface area contributed by atoms with Crippen molar-refractivity contribution in [3.63, 3.8) is 0 Å². The van der Waals surface area contributed by atoms with Crippen LogP contribution in [0.5, 0.6) is 0 Å². The summed E-state index contributed by atoms with van der Waals surface area (Å²) < 4.78 is 4.79. The van der Waals surface area contributed by atoms with E-state index < -0.39 is 0 Å². The van der Waals surface area contributed by atoms with E-state index in [4.69, 9.17) is 4.74 Å². The fourth-order valence-electron chi connectivity index (χ4n) is 0.614. The quantitative estimate of drug-likeness (QED) is 0.528. The highest BCUT2D eigenvalue weighted by Gasteiger charge is 1.87. The normalized spacial score (nSPS) is 15.0. The highest BCUT2D eigenvalue weighted by Crippen LogP contribution is 2.00. The lowest BCUT2D eigenvalue weighted by atomic mass is 10.2. The lowest BCUT2D eigenvalue weighted by Crippen LogP contribution is -1.96. The molecule has 1 aliphatic heterocycles. The molecular formula is C7H9NO. The molecule has 1 aliphatic rings. The highest BCUT2D eigenvalue weighted by atomic mass is 16.5. The minimum absolute atomic E-state index is 1.07. The van der Waals surface area contributed by atoms with Crippen LogP contribution in [0.1, 0.15) is 0 Å². The van der Waals surface area contributed by atoms with Gasteiger partial charge in [0.15, 0.2) is 0 Å². The number of allylic oxidation sites excluding steroid dienone is 3. The van der Waals surface area contributed by atoms with Gasteiger partial charge in [0.2, 0.25) is 0 Å². The van der Waals surface area contributed by atoms with Crippen molar-refractivity contribution in [2.75, 3.05) is 7.11 Å². The third kappa shape index (κ3) is 1.64. The molecule has 1 rings (SSSR count). The van der Waals surface area contributed by atoms with Crippen LogP contribution in [0.4, 0.5) is 0 Å². The second-order valence-electron chi connectivity index (χ2n) is 1.69. The summed E-state index contributed by atoms with van der Waals surface area (Å²) in [4.78, 5) is 0. The van der Waals surface area contributed by atoms with Crippen molar-refractivity contribution in [3.8, 4) is 0 Å². The van der Waals surface area contributed by atoms with Crippen LogP contribution in [-0.4, -0.2) is 7.11 Å². The van der Waals surface area contributed by atoms with Gasteiger partial charge in [-0.15, -0.1) is 0 Å². The second kappa shape index (κ2) is 2.97. The number of hydrogen-bond donors (Lipinski definition) is 1. The van der Waals surface area contributed by atoms with E-state index in [-0.39, 0.29) is 0 Å². The van der Waals surface area contributed by atoms with Crippen molar-refractivity contribution in [1.82, 2.24) is 5.32 Å². The Hall–Kier alpha value is -1.18. The van der Waals surface area contributed by atoms with Crippen molar-refractivity contribution in [1.29, 1.82) is 0 Å². The lowest BCUT2D eigenvalue weighted by Gasteiger charge is -1.99. The van der Waals surface area contributed by atoms with Gasteiger partial charge in [0.25, 0.3) is 0 Å². The molecule has 0 radical (unpaired) electrons. The summed E-state index contributed by atoms with van der Waals surface area (Å²) in [5, 5.41) is 2.92. The first-order chi connectivity index (χ1) is 4.43. The van der Waals surface area contributed by atoms with Crippen LogP contribution in [0.25, 0.3) is 0 Å². The molecule has 0 aliphatic carbocycles. The van der Waals surface area contributed by atoms with Crippen molar-refractivity contribution >= 4 is 0 Å². The molecule has 0 atom stereocenters. The summed E-state index contributed by atoms with van der Waals surface area (Å²) in [5.41, 5.74) is 1.07. The van der Waals surface area contributed by atoms with Crippen molar-refractivity contribution < 1.29 is 4.74 Å². The summed E-state index contributed by atoms with van der Waals surface area (Å²) in [6.45, 7) is 0. The van der Waals surface area contributed by atoms with Gasteiger partial charge in [-0.3, -0.25) is 0 Å². The van der Waals surface area contributed by atoms with E-state index in [0.29, 0.717) is 0 Å². The Morgan fingerprint density at radius 1 is 1.44 bits per heavy atom. The minimum atomic E-state index is 1.07. The van der Waals surface area contributed by atoms with Gasteiger partial charge in [-0.1, -0.05) is 0 Å². The highest BCUT2D eigenvalue weighted by molar-refractivity contribution is 5.31. The molecule has 1 heterocycles. The average Bonchev–Trinajstić information content (AvgIpc) is 1.91. The minimum Gasteiger partial charge on any atom is -0.504 e. The molecule has 2 heteroatoms. The Morgan fingerprint density at radius 3 is 2.67 bits per heavy atom. The summed E-state index contributed by atoms with van der Waals surface area (Å²) in [6.07, 6.45) is 9.26. The number of methoxy groups -OCH3 is 1. The van der Waals surface area contributed by atoms with Crippen LogP contribution in [0.3, 0.4) is 0 Å². The van der Waals surface area contributed by atoms with E-state index in [2.05, 4.69) is 5.32 Å². The number of rotatable bonds is 1. The van der Waals surface area contributed by atoms with Crippen LogP contribution < -0.4 is 5.32 Å². The molecule has 2 nitrogen and oxygen atoms in total. The van der Waals surface area contributed by atoms with Crippen molar-refractivity contribution in [2.24, 2.45) is 0 Å². The van der Waals surface area contributed by atoms with Gasteiger partial charge in [-0.05, 0) is 12.2 Å². The Bertz CT molecular complexity index is 154. The van der Waals surface area contributed by atoms with Crippen LogP contribution in [0, 0.1) is 0 Å². The average molecular weight is 123 g/mol. The number of nitrogens with one attached hydrogen (secondary N) is 1. The fraction of sp³-hybridized carbons (Fsp3) is 0.143. The Kier molecular flexibility index (Phi) is 1.96. The maximum Gasteiger partial charge on any atom is 0.0898 e. The molecule has 0 spiro atoms. The summed E-state index contributed by atoms with van der Waals surface area (Å²) >= 11 is 0. The lowest BCUT2D eigenvalue weighted by molar-refractivity contribution is 0.336. The van der Waals surface area contributed by atoms with Crippen LogP contribution >= 0.6 is 0 Å². The monoisotopic (exact) mass is 123 g/mol. The Balaban J connectivity index is 2.59. The maximum absolute atomic E-state index is 4.79. The van der Waals surface area contributed by atoms with Crippen LogP contribution in [-0.2, 0) is 4.74 Å². The molecule has 0 saturated carbocycles. The molecule has 0 aromatic carbocycles. The molecule has 0 unspecified atom stereocenters. The number of hydrogen-bond acceptors (Lipinski definition) is 2. The molecular weight excluding hydrogens is 114 g/mol. The summed E-state index contributed by atoms with van der Waals surface area (Å²) in [7, 11) is 1.64. The smallest absolute Gasteiger partial charge is 0.0898 e. The van der Waals surface area contributed by atoms with Gasteiger partial charge in [0.05, 0.1) is 13.4 Å². The van der Waals surface area contributed by atoms with E-state index in [1.54, 1.807) is 13.4 Å². The van der Waals surface area contributed by atoms with Gasteiger partial charge in [0.1, 0.15) is 0 Å². The van der Waals surface area contributed by atoms with Crippen LogP contribution in [0.2, 0.25) is 0 Å². The Labute approximate surface area is 54.5 Å². The SMILES string of the molecule is COC=C1C=CNC=C1. The first-order valence-electron chi connectivity index (χ1n) is 2.75. The standard InChI is InChI=1S/C7H9NO/c1-9-6-7-2-4-8-5-3-7/h2-6,8H,1H3. The molecule has 0 bridgehead atoms. The predicted molar refractivity (Wildman–Crippen MR) is 36.5 cm³/mol. The van der Waals surface area contributed by atoms with Crippen LogP contribution in [0.15, 0.2) is 36.4 Å². The first kappa shape index (κ1) is 5.95. The zero-order valence-electron chi connectivity index (χ0n) is 5.29. The van der Waals surface area contributed by atoms with E-state index in [1.165, 1.54) is 0 Å². The largest absolute Gasteiger partial charge is 0.504 e. The van der Waals surface area contributed by atoms with E-state index in [1.807, 2.05) is 24.6 Å². The zero-order chi connectivity index (χ0) is 6.53. The van der Waals surface area contributed by atoms with Gasteiger partial charge >= 0.3 is 0 Å². The van der Waals surface area contributed by atoms with E-state index in [9.17, 15) is 0 Å². The second-order valence-corrected chi connectivity index (χ2v) is 1.69.